The van der Waals surface area contributed by atoms with Crippen LogP contribution < -0.4 is 5.63 Å². The van der Waals surface area contributed by atoms with Crippen LogP contribution in [-0.2, 0) is 11.3 Å². The lowest BCUT2D eigenvalue weighted by atomic mass is 10.1. The van der Waals surface area contributed by atoms with E-state index in [4.69, 9.17) is 9.52 Å². The van der Waals surface area contributed by atoms with Crippen LogP contribution in [0, 0.1) is 0 Å². The molecule has 7 heteroatoms. The highest BCUT2D eigenvalue weighted by atomic mass is 16.4. The van der Waals surface area contributed by atoms with Gasteiger partial charge in [0.2, 0.25) is 0 Å². The van der Waals surface area contributed by atoms with Gasteiger partial charge in [-0.15, -0.1) is 0 Å². The maximum Gasteiger partial charge on any atom is 0.345 e. The predicted molar refractivity (Wildman–Crippen MR) is 81.3 cm³/mol. The first-order valence-electron chi connectivity index (χ1n) is 6.86. The van der Waals surface area contributed by atoms with Crippen molar-refractivity contribution in [3.8, 4) is 11.3 Å². The van der Waals surface area contributed by atoms with Crippen molar-refractivity contribution in [2.45, 2.75) is 13.0 Å². The Kier molecular flexibility index (Phi) is 3.76. The van der Waals surface area contributed by atoms with Gasteiger partial charge in [0.15, 0.2) is 6.29 Å². The summed E-state index contributed by atoms with van der Waals surface area (Å²) in [6.45, 7) is 0.106. The molecule has 0 unspecified atom stereocenters. The second kappa shape index (κ2) is 5.88. The van der Waals surface area contributed by atoms with Gasteiger partial charge in [-0.25, -0.2) is 4.79 Å². The van der Waals surface area contributed by atoms with Crippen molar-refractivity contribution < 1.29 is 19.1 Å². The summed E-state index contributed by atoms with van der Waals surface area (Å²) in [5.41, 5.74) is 0.400. The van der Waals surface area contributed by atoms with Crippen molar-refractivity contribution in [2.24, 2.45) is 0 Å². The molecule has 0 amide bonds. The van der Waals surface area contributed by atoms with E-state index in [1.54, 1.807) is 30.3 Å². The SMILES string of the molecule is O=Cc1cn(CCC(=O)O)nc1-c1cc2ccccc2oc1=O. The first-order valence-corrected chi connectivity index (χ1v) is 6.86. The number of nitrogens with zero attached hydrogens (tertiary/aromatic N) is 2. The number of carbonyl (C=O) groups excluding carboxylic acids is 1. The number of hydrogen-bond acceptors (Lipinski definition) is 5. The number of hydrogen-bond donors (Lipinski definition) is 1. The summed E-state index contributed by atoms with van der Waals surface area (Å²) < 4.78 is 6.57. The molecule has 0 bridgehead atoms. The number of aldehydes is 1. The molecule has 0 saturated heterocycles. The number of benzene rings is 1. The Labute approximate surface area is 129 Å². The number of fused-ring (bicyclic) bond motifs is 1. The summed E-state index contributed by atoms with van der Waals surface area (Å²) >= 11 is 0. The number of aryl methyl sites for hydroxylation is 1. The van der Waals surface area contributed by atoms with Gasteiger partial charge in [0.25, 0.3) is 0 Å². The zero-order chi connectivity index (χ0) is 16.4. The molecule has 0 saturated carbocycles. The van der Waals surface area contributed by atoms with Crippen LogP contribution in [-0.4, -0.2) is 27.1 Å². The zero-order valence-electron chi connectivity index (χ0n) is 11.9. The fourth-order valence-electron chi connectivity index (χ4n) is 2.28. The molecule has 0 radical (unpaired) electrons. The fraction of sp³-hybridized carbons (Fsp3) is 0.125. The number of carboxylic acids is 1. The first kappa shape index (κ1) is 14.7. The van der Waals surface area contributed by atoms with Crippen molar-refractivity contribution in [1.82, 2.24) is 9.78 Å². The van der Waals surface area contributed by atoms with Crippen LogP contribution in [0.5, 0.6) is 0 Å². The van der Waals surface area contributed by atoms with E-state index in [-0.39, 0.29) is 29.8 Å². The van der Waals surface area contributed by atoms with Crippen molar-refractivity contribution in [2.75, 3.05) is 0 Å². The molecule has 1 N–H and O–H groups in total. The van der Waals surface area contributed by atoms with Crippen molar-refractivity contribution in [3.63, 3.8) is 0 Å². The van der Waals surface area contributed by atoms with Crippen LogP contribution in [0.3, 0.4) is 0 Å². The van der Waals surface area contributed by atoms with Crippen LogP contribution in [0.2, 0.25) is 0 Å². The quantitative estimate of drug-likeness (QED) is 0.570. The molecular formula is C16H12N2O5. The van der Waals surface area contributed by atoms with Crippen LogP contribution in [0.4, 0.5) is 0 Å². The molecule has 0 aliphatic rings. The third-order valence-corrected chi connectivity index (χ3v) is 3.37. The fourth-order valence-corrected chi connectivity index (χ4v) is 2.28. The molecule has 0 spiro atoms. The number of aromatic nitrogens is 2. The van der Waals surface area contributed by atoms with Gasteiger partial charge in [0.05, 0.1) is 24.1 Å². The lowest BCUT2D eigenvalue weighted by Gasteiger charge is -2.00. The second-order valence-corrected chi connectivity index (χ2v) is 4.94. The van der Waals surface area contributed by atoms with Gasteiger partial charge in [0, 0.05) is 11.6 Å². The normalized spacial score (nSPS) is 10.8. The number of para-hydroxylation sites is 1. The highest BCUT2D eigenvalue weighted by Crippen LogP contribution is 2.22. The van der Waals surface area contributed by atoms with E-state index in [0.717, 1.165) is 0 Å². The van der Waals surface area contributed by atoms with E-state index in [9.17, 15) is 14.4 Å². The Morgan fingerprint density at radius 3 is 2.87 bits per heavy atom. The third-order valence-electron chi connectivity index (χ3n) is 3.37. The number of aliphatic carboxylic acids is 1. The summed E-state index contributed by atoms with van der Waals surface area (Å²) in [7, 11) is 0. The minimum absolute atomic E-state index is 0.106. The van der Waals surface area contributed by atoms with E-state index in [1.165, 1.54) is 10.9 Å². The van der Waals surface area contributed by atoms with Gasteiger partial charge < -0.3 is 9.52 Å². The van der Waals surface area contributed by atoms with Gasteiger partial charge in [-0.05, 0) is 12.1 Å². The smallest absolute Gasteiger partial charge is 0.345 e. The minimum atomic E-state index is -0.972. The Balaban J connectivity index is 2.10. The summed E-state index contributed by atoms with van der Waals surface area (Å²) in [4.78, 5) is 34.0. The number of carbonyl (C=O) groups is 2. The van der Waals surface area contributed by atoms with E-state index in [0.29, 0.717) is 17.3 Å². The molecule has 0 aliphatic heterocycles. The summed E-state index contributed by atoms with van der Waals surface area (Å²) in [5, 5.41) is 13.6. The first-order chi connectivity index (χ1) is 11.1. The molecule has 2 heterocycles. The predicted octanol–water partition coefficient (Wildman–Crippen LogP) is 1.94. The highest BCUT2D eigenvalue weighted by molar-refractivity contribution is 5.88. The van der Waals surface area contributed by atoms with Crippen molar-refractivity contribution in [1.29, 1.82) is 0 Å². The maximum absolute atomic E-state index is 12.2. The minimum Gasteiger partial charge on any atom is -0.481 e. The molecule has 7 nitrogen and oxygen atoms in total. The molecule has 116 valence electrons. The highest BCUT2D eigenvalue weighted by Gasteiger charge is 2.16. The average molecular weight is 312 g/mol. The van der Waals surface area contributed by atoms with Gasteiger partial charge in [-0.3, -0.25) is 14.3 Å². The number of rotatable bonds is 5. The largest absolute Gasteiger partial charge is 0.481 e. The zero-order valence-corrected chi connectivity index (χ0v) is 11.9. The summed E-state index contributed by atoms with van der Waals surface area (Å²) in [6, 6.07) is 8.62. The molecule has 1 aromatic carbocycles. The molecule has 0 aliphatic carbocycles. The Morgan fingerprint density at radius 1 is 1.35 bits per heavy atom. The molecule has 2 aromatic heterocycles. The maximum atomic E-state index is 12.2. The molecule has 23 heavy (non-hydrogen) atoms. The lowest BCUT2D eigenvalue weighted by molar-refractivity contribution is -0.137. The van der Waals surface area contributed by atoms with E-state index in [2.05, 4.69) is 5.10 Å². The lowest BCUT2D eigenvalue weighted by Crippen LogP contribution is -2.07. The third kappa shape index (κ3) is 2.89. The topological polar surface area (TPSA) is 102 Å². The van der Waals surface area contributed by atoms with E-state index < -0.39 is 11.6 Å². The van der Waals surface area contributed by atoms with Gasteiger partial charge in [-0.1, -0.05) is 18.2 Å². The van der Waals surface area contributed by atoms with Crippen LogP contribution in [0.1, 0.15) is 16.8 Å². The summed E-state index contributed by atoms with van der Waals surface area (Å²) in [6.07, 6.45) is 1.86. The van der Waals surface area contributed by atoms with E-state index in [1.807, 2.05) is 0 Å². The number of carboxylic acid groups (broad SMARTS) is 1. The van der Waals surface area contributed by atoms with Crippen molar-refractivity contribution in [3.05, 3.63) is 52.5 Å². The Hall–Kier alpha value is -3.22. The molecule has 3 rings (SSSR count). The molecular weight excluding hydrogens is 300 g/mol. The van der Waals surface area contributed by atoms with Crippen LogP contribution >= 0.6 is 0 Å². The molecule has 0 fully saturated rings. The Morgan fingerprint density at radius 2 is 2.13 bits per heavy atom. The molecule has 3 aromatic rings. The van der Waals surface area contributed by atoms with Gasteiger partial charge in [0.1, 0.15) is 11.3 Å². The summed E-state index contributed by atoms with van der Waals surface area (Å²) in [5.74, 6) is -0.972. The average Bonchev–Trinajstić information content (AvgIpc) is 2.95. The van der Waals surface area contributed by atoms with Gasteiger partial charge in [-0.2, -0.15) is 5.10 Å². The second-order valence-electron chi connectivity index (χ2n) is 4.94. The standard InChI is InChI=1S/C16H12N2O5/c19-9-11-8-18(6-5-14(20)21)17-15(11)12-7-10-3-1-2-4-13(10)23-16(12)22/h1-4,7-9H,5-6H2,(H,20,21). The van der Waals surface area contributed by atoms with Gasteiger partial charge >= 0.3 is 11.6 Å². The molecule has 0 atom stereocenters. The van der Waals surface area contributed by atoms with E-state index >= 15 is 0 Å². The Bertz CT molecular complexity index is 955. The van der Waals surface area contributed by atoms with Crippen LogP contribution in [0.25, 0.3) is 22.2 Å². The monoisotopic (exact) mass is 312 g/mol. The van der Waals surface area contributed by atoms with Crippen LogP contribution in [0.15, 0.2) is 45.7 Å². The van der Waals surface area contributed by atoms with Crippen molar-refractivity contribution >= 4 is 23.2 Å².